The van der Waals surface area contributed by atoms with Crippen molar-refractivity contribution in [2.45, 2.75) is 63.7 Å². The molecule has 0 aromatic carbocycles. The smallest absolute Gasteiger partial charge is 0.449 e. The van der Waals surface area contributed by atoms with Gasteiger partial charge in [0.2, 0.25) is 12.0 Å². The third-order valence-electron chi connectivity index (χ3n) is 6.37. The standard InChI is InChI=1S/C18H28F3NO4S2/c1-10-3-5-14-12(9-22-7-8-28-27)15(18(19,20)21)25-16-17(14,26-23)13(10)6-4-11(2)24-16/h10-11,13-14,16,22-23,27H,3-9H2,1-2H3/t10-,11+,13?,14+,16+,17?/m1/s1. The van der Waals surface area contributed by atoms with Crippen LogP contribution in [0, 0.1) is 17.8 Å². The summed E-state index contributed by atoms with van der Waals surface area (Å²) in [6.45, 7) is 4.40. The van der Waals surface area contributed by atoms with Crippen LogP contribution in [0.25, 0.3) is 0 Å². The van der Waals surface area contributed by atoms with Crippen molar-refractivity contribution >= 4 is 22.5 Å². The third-order valence-corrected chi connectivity index (χ3v) is 7.30. The zero-order valence-electron chi connectivity index (χ0n) is 16.0. The van der Waals surface area contributed by atoms with Gasteiger partial charge in [0.25, 0.3) is 0 Å². The van der Waals surface area contributed by atoms with Crippen molar-refractivity contribution in [2.24, 2.45) is 17.8 Å². The first-order chi connectivity index (χ1) is 13.3. The average molecular weight is 444 g/mol. The summed E-state index contributed by atoms with van der Waals surface area (Å²) in [6.07, 6.45) is -3.58. The van der Waals surface area contributed by atoms with Crippen LogP contribution < -0.4 is 5.32 Å². The molecule has 2 N–H and O–H groups in total. The van der Waals surface area contributed by atoms with E-state index >= 15 is 0 Å². The summed E-state index contributed by atoms with van der Waals surface area (Å²) in [5.74, 6) is -0.942. The molecule has 10 heteroatoms. The molecule has 5 nitrogen and oxygen atoms in total. The van der Waals surface area contributed by atoms with Crippen LogP contribution in [0.5, 0.6) is 0 Å². The van der Waals surface area contributed by atoms with Gasteiger partial charge in [0, 0.05) is 30.7 Å². The number of alkyl halides is 3. The Bertz CT molecular complexity index is 592. The second kappa shape index (κ2) is 8.93. The van der Waals surface area contributed by atoms with E-state index in [1.54, 1.807) is 0 Å². The van der Waals surface area contributed by atoms with Crippen LogP contribution in [0.1, 0.15) is 39.5 Å². The quantitative estimate of drug-likeness (QED) is 0.186. The van der Waals surface area contributed by atoms with Crippen LogP contribution in [-0.2, 0) is 14.4 Å². The zero-order valence-corrected chi connectivity index (χ0v) is 17.7. The number of ether oxygens (including phenoxy) is 2. The maximum atomic E-state index is 13.9. The van der Waals surface area contributed by atoms with Crippen molar-refractivity contribution in [3.63, 3.8) is 0 Å². The van der Waals surface area contributed by atoms with Gasteiger partial charge < -0.3 is 14.8 Å². The maximum Gasteiger partial charge on any atom is 0.449 e. The van der Waals surface area contributed by atoms with Gasteiger partial charge >= 0.3 is 6.18 Å². The lowest BCUT2D eigenvalue weighted by Gasteiger charge is -2.54. The Labute approximate surface area is 172 Å². The normalized spacial score (nSPS) is 38.6. The van der Waals surface area contributed by atoms with Crippen LogP contribution in [0.15, 0.2) is 11.3 Å². The summed E-state index contributed by atoms with van der Waals surface area (Å²) in [5.41, 5.74) is -1.22. The van der Waals surface area contributed by atoms with Gasteiger partial charge in [-0.15, -0.1) is 11.7 Å². The van der Waals surface area contributed by atoms with E-state index in [9.17, 15) is 18.4 Å². The van der Waals surface area contributed by atoms with Crippen LogP contribution in [0.2, 0.25) is 0 Å². The molecule has 1 saturated carbocycles. The molecule has 28 heavy (non-hydrogen) atoms. The van der Waals surface area contributed by atoms with Crippen LogP contribution in [0.4, 0.5) is 13.2 Å². The highest BCUT2D eigenvalue weighted by Crippen LogP contribution is 2.57. The van der Waals surface area contributed by atoms with Gasteiger partial charge in [0.1, 0.15) is 0 Å². The van der Waals surface area contributed by atoms with Gasteiger partial charge in [-0.2, -0.15) is 13.2 Å². The van der Waals surface area contributed by atoms with Gasteiger partial charge in [0.15, 0.2) is 5.60 Å². The van der Waals surface area contributed by atoms with Crippen molar-refractivity contribution < 1.29 is 32.8 Å². The lowest BCUT2D eigenvalue weighted by molar-refractivity contribution is -0.419. The first-order valence-corrected chi connectivity index (χ1v) is 11.7. The predicted molar refractivity (Wildman–Crippen MR) is 104 cm³/mol. The first-order valence-electron chi connectivity index (χ1n) is 9.67. The number of nitrogens with one attached hydrogen (secondary N) is 1. The largest absolute Gasteiger partial charge is 0.456 e. The van der Waals surface area contributed by atoms with Gasteiger partial charge in [-0.3, -0.25) is 5.26 Å². The van der Waals surface area contributed by atoms with E-state index in [0.29, 0.717) is 31.6 Å². The van der Waals surface area contributed by atoms with Gasteiger partial charge in [-0.25, -0.2) is 4.89 Å². The lowest BCUT2D eigenvalue weighted by atomic mass is 9.59. The Hall–Kier alpha value is -0.130. The number of hydrogen-bond donors (Lipinski definition) is 3. The molecule has 0 radical (unpaired) electrons. The molecule has 0 amide bonds. The second-order valence-corrected chi connectivity index (χ2v) is 9.44. The summed E-state index contributed by atoms with van der Waals surface area (Å²) in [7, 11) is 1.32. The van der Waals surface area contributed by atoms with Crippen LogP contribution >= 0.6 is 22.5 Å². The number of halogens is 3. The number of rotatable bonds is 6. The maximum absolute atomic E-state index is 13.9. The van der Waals surface area contributed by atoms with E-state index in [1.807, 2.05) is 6.92 Å². The fourth-order valence-corrected chi connectivity index (χ4v) is 5.59. The minimum atomic E-state index is -4.64. The summed E-state index contributed by atoms with van der Waals surface area (Å²) in [6, 6.07) is 0. The van der Waals surface area contributed by atoms with Crippen molar-refractivity contribution in [3.05, 3.63) is 11.3 Å². The molecule has 1 aliphatic carbocycles. The summed E-state index contributed by atoms with van der Waals surface area (Å²) < 4.78 is 52.9. The highest BCUT2D eigenvalue weighted by molar-refractivity contribution is 8.68. The molecule has 0 aromatic rings. The van der Waals surface area contributed by atoms with E-state index in [0.717, 1.165) is 6.42 Å². The van der Waals surface area contributed by atoms with Crippen molar-refractivity contribution in [2.75, 3.05) is 18.8 Å². The van der Waals surface area contributed by atoms with Crippen molar-refractivity contribution in [3.8, 4) is 0 Å². The monoisotopic (exact) mass is 443 g/mol. The van der Waals surface area contributed by atoms with Crippen LogP contribution in [0.3, 0.4) is 0 Å². The summed E-state index contributed by atoms with van der Waals surface area (Å²) >= 11 is 4.05. The first kappa shape index (κ1) is 22.6. The van der Waals surface area contributed by atoms with Gasteiger partial charge in [-0.1, -0.05) is 17.7 Å². The Balaban J connectivity index is 2.05. The molecule has 3 aliphatic rings. The average Bonchev–Trinajstić information content (AvgIpc) is 2.78. The topological polar surface area (TPSA) is 60.0 Å². The molecular weight excluding hydrogens is 415 g/mol. The summed E-state index contributed by atoms with van der Waals surface area (Å²) in [4.78, 5) is 5.07. The van der Waals surface area contributed by atoms with Crippen LogP contribution in [-0.4, -0.2) is 48.3 Å². The molecule has 2 unspecified atom stereocenters. The van der Waals surface area contributed by atoms with E-state index < -0.39 is 29.7 Å². The fraction of sp³-hybridized carbons (Fsp3) is 0.889. The molecule has 0 aromatic heterocycles. The molecule has 1 saturated heterocycles. The molecule has 6 atom stereocenters. The molecular formula is C18H28F3NO4S2. The molecule has 2 heterocycles. The zero-order chi connectivity index (χ0) is 20.5. The Morgan fingerprint density at radius 3 is 2.68 bits per heavy atom. The van der Waals surface area contributed by atoms with Crippen molar-refractivity contribution in [1.82, 2.24) is 5.32 Å². The predicted octanol–water partition coefficient (Wildman–Crippen LogP) is 4.42. The van der Waals surface area contributed by atoms with E-state index in [1.165, 1.54) is 10.8 Å². The fourth-order valence-electron chi connectivity index (χ4n) is 5.08. The number of hydrogen-bond acceptors (Lipinski definition) is 7. The minimum Gasteiger partial charge on any atom is -0.456 e. The molecule has 162 valence electrons. The number of thiol groups is 1. The summed E-state index contributed by atoms with van der Waals surface area (Å²) in [5, 5.41) is 13.1. The molecule has 0 spiro atoms. The molecule has 3 rings (SSSR count). The SMILES string of the molecule is C[C@@H]1CC[C@H]2C(CNCCSS)=C(C(F)(F)F)O[C@@H]3O[C@@H](C)CCC1C32OO. The minimum absolute atomic E-state index is 0.0162. The Kier molecular flexibility index (Phi) is 7.19. The van der Waals surface area contributed by atoms with E-state index in [-0.39, 0.29) is 30.1 Å². The highest BCUT2D eigenvalue weighted by Gasteiger charge is 2.65. The lowest BCUT2D eigenvalue weighted by Crippen LogP contribution is -2.64. The highest BCUT2D eigenvalue weighted by atomic mass is 33.1. The van der Waals surface area contributed by atoms with E-state index in [2.05, 4.69) is 23.9 Å². The molecule has 2 fully saturated rings. The van der Waals surface area contributed by atoms with Crippen molar-refractivity contribution in [1.29, 1.82) is 0 Å². The van der Waals surface area contributed by atoms with Gasteiger partial charge in [0.05, 0.1) is 6.10 Å². The Morgan fingerprint density at radius 1 is 1.29 bits per heavy atom. The van der Waals surface area contributed by atoms with E-state index in [4.69, 9.17) is 14.4 Å². The third kappa shape index (κ3) is 4.05. The second-order valence-electron chi connectivity index (χ2n) is 7.99. The Morgan fingerprint density at radius 2 is 2.04 bits per heavy atom. The molecule has 2 aliphatic heterocycles. The van der Waals surface area contributed by atoms with Gasteiger partial charge in [-0.05, 0) is 44.1 Å². The number of allylic oxidation sites excluding steroid dienone is 1. The molecule has 0 bridgehead atoms.